The van der Waals surface area contributed by atoms with Gasteiger partial charge in [0.05, 0.1) is 18.7 Å². The first-order chi connectivity index (χ1) is 10.1. The molecule has 4 nitrogen and oxygen atoms in total. The number of methoxy groups -OCH3 is 1. The number of hydrogen-bond donors (Lipinski definition) is 2. The van der Waals surface area contributed by atoms with Crippen molar-refractivity contribution < 1.29 is 14.6 Å². The molecule has 0 radical (unpaired) electrons. The van der Waals surface area contributed by atoms with Crippen LogP contribution in [0.2, 0.25) is 5.02 Å². The maximum Gasteiger partial charge on any atom is 0.179 e. The Bertz CT molecular complexity index is 424. The van der Waals surface area contributed by atoms with Crippen molar-refractivity contribution in [2.45, 2.75) is 45.7 Å². The van der Waals surface area contributed by atoms with Crippen LogP contribution >= 0.6 is 11.6 Å². The highest BCUT2D eigenvalue weighted by atomic mass is 35.5. The molecule has 120 valence electrons. The zero-order chi connectivity index (χ0) is 15.7. The topological polar surface area (TPSA) is 50.7 Å². The van der Waals surface area contributed by atoms with Gasteiger partial charge in [0.2, 0.25) is 0 Å². The molecule has 0 aliphatic carbocycles. The molecule has 0 amide bonds. The lowest BCUT2D eigenvalue weighted by atomic mass is 10.2. The molecule has 2 N–H and O–H groups in total. The third kappa shape index (κ3) is 6.55. The highest BCUT2D eigenvalue weighted by Gasteiger charge is 2.12. The SMILES string of the molecule is COc1cc(CNC(C)C)cc(Cl)c1OCCCCCO. The van der Waals surface area contributed by atoms with Gasteiger partial charge in [-0.25, -0.2) is 0 Å². The van der Waals surface area contributed by atoms with Gasteiger partial charge in [0.25, 0.3) is 0 Å². The molecule has 0 atom stereocenters. The van der Waals surface area contributed by atoms with E-state index in [1.165, 1.54) is 0 Å². The zero-order valence-corrected chi connectivity index (χ0v) is 13.9. The first-order valence-electron chi connectivity index (χ1n) is 7.42. The van der Waals surface area contributed by atoms with Crippen LogP contribution in [0.3, 0.4) is 0 Å². The van der Waals surface area contributed by atoms with Crippen molar-refractivity contribution in [1.29, 1.82) is 0 Å². The highest BCUT2D eigenvalue weighted by molar-refractivity contribution is 6.32. The highest BCUT2D eigenvalue weighted by Crippen LogP contribution is 2.36. The molecule has 0 aliphatic rings. The van der Waals surface area contributed by atoms with E-state index >= 15 is 0 Å². The minimum atomic E-state index is 0.224. The van der Waals surface area contributed by atoms with Crippen molar-refractivity contribution in [2.24, 2.45) is 0 Å². The number of aliphatic hydroxyl groups is 1. The predicted molar refractivity (Wildman–Crippen MR) is 86.4 cm³/mol. The fourth-order valence-electron chi connectivity index (χ4n) is 1.90. The largest absolute Gasteiger partial charge is 0.493 e. The maximum absolute atomic E-state index is 8.74. The van der Waals surface area contributed by atoms with E-state index in [-0.39, 0.29) is 6.61 Å². The summed E-state index contributed by atoms with van der Waals surface area (Å²) < 4.78 is 11.1. The van der Waals surface area contributed by atoms with Gasteiger partial charge in [-0.1, -0.05) is 25.4 Å². The van der Waals surface area contributed by atoms with Gasteiger partial charge in [0.1, 0.15) is 0 Å². The van der Waals surface area contributed by atoms with Crippen molar-refractivity contribution in [3.63, 3.8) is 0 Å². The molecule has 0 spiro atoms. The van der Waals surface area contributed by atoms with Gasteiger partial charge < -0.3 is 19.9 Å². The molecule has 0 saturated carbocycles. The smallest absolute Gasteiger partial charge is 0.179 e. The van der Waals surface area contributed by atoms with Crippen molar-refractivity contribution in [2.75, 3.05) is 20.3 Å². The summed E-state index contributed by atoms with van der Waals surface area (Å²) in [5.41, 5.74) is 1.07. The molecule has 1 rings (SSSR count). The van der Waals surface area contributed by atoms with Crippen LogP contribution < -0.4 is 14.8 Å². The second-order valence-corrected chi connectivity index (χ2v) is 5.68. The fourth-order valence-corrected chi connectivity index (χ4v) is 2.19. The standard InChI is InChI=1S/C16H26ClNO3/c1-12(2)18-11-13-9-14(17)16(15(10-13)20-3)21-8-6-4-5-7-19/h9-10,12,18-19H,4-8,11H2,1-3H3. The minimum Gasteiger partial charge on any atom is -0.493 e. The number of unbranched alkanes of at least 4 members (excludes halogenated alkanes) is 2. The van der Waals surface area contributed by atoms with E-state index in [9.17, 15) is 0 Å². The number of hydrogen-bond acceptors (Lipinski definition) is 4. The molecule has 0 bridgehead atoms. The average Bonchev–Trinajstić information content (AvgIpc) is 2.46. The number of halogens is 1. The maximum atomic E-state index is 8.74. The van der Waals surface area contributed by atoms with Crippen LogP contribution in [0, 0.1) is 0 Å². The predicted octanol–water partition coefficient (Wildman–Crippen LogP) is 3.39. The van der Waals surface area contributed by atoms with Crippen LogP contribution in [0.25, 0.3) is 0 Å². The third-order valence-corrected chi connectivity index (χ3v) is 3.33. The van der Waals surface area contributed by atoms with Gasteiger partial charge in [-0.05, 0) is 37.0 Å². The van der Waals surface area contributed by atoms with Crippen LogP contribution in [0.15, 0.2) is 12.1 Å². The number of ether oxygens (including phenoxy) is 2. The zero-order valence-electron chi connectivity index (χ0n) is 13.1. The molecule has 1 aromatic rings. The summed E-state index contributed by atoms with van der Waals surface area (Å²) in [6, 6.07) is 4.27. The molecule has 5 heteroatoms. The first kappa shape index (κ1) is 18.1. The summed E-state index contributed by atoms with van der Waals surface area (Å²) in [5, 5.41) is 12.7. The molecular formula is C16H26ClNO3. The van der Waals surface area contributed by atoms with Crippen LogP contribution in [-0.4, -0.2) is 31.5 Å². The van der Waals surface area contributed by atoms with Gasteiger partial charge in [0.15, 0.2) is 11.5 Å². The lowest BCUT2D eigenvalue weighted by Crippen LogP contribution is -2.21. The Morgan fingerprint density at radius 3 is 2.62 bits per heavy atom. The molecule has 0 aliphatic heterocycles. The van der Waals surface area contributed by atoms with Crippen LogP contribution in [0.1, 0.15) is 38.7 Å². The molecule has 0 saturated heterocycles. The van der Waals surface area contributed by atoms with E-state index in [1.54, 1.807) is 7.11 Å². The molecule has 0 heterocycles. The third-order valence-electron chi connectivity index (χ3n) is 3.05. The molecule has 0 unspecified atom stereocenters. The Labute approximate surface area is 132 Å². The molecule has 0 aromatic heterocycles. The van der Waals surface area contributed by atoms with E-state index in [0.29, 0.717) is 29.2 Å². The molecule has 0 fully saturated rings. The summed E-state index contributed by atoms with van der Waals surface area (Å²) in [7, 11) is 1.62. The Kier molecular flexibility index (Phi) is 8.50. The fraction of sp³-hybridized carbons (Fsp3) is 0.625. The summed E-state index contributed by atoms with van der Waals surface area (Å²) in [6.45, 7) is 5.73. The number of aliphatic hydroxyl groups excluding tert-OH is 1. The summed E-state index contributed by atoms with van der Waals surface area (Å²) in [6.07, 6.45) is 2.62. The molecule has 21 heavy (non-hydrogen) atoms. The quantitative estimate of drug-likeness (QED) is 0.650. The van der Waals surface area contributed by atoms with Gasteiger partial charge in [-0.15, -0.1) is 0 Å². The lowest BCUT2D eigenvalue weighted by molar-refractivity contribution is 0.260. The van der Waals surface area contributed by atoms with E-state index in [1.807, 2.05) is 12.1 Å². The Morgan fingerprint density at radius 2 is 2.00 bits per heavy atom. The molecular weight excluding hydrogens is 290 g/mol. The monoisotopic (exact) mass is 315 g/mol. The van der Waals surface area contributed by atoms with Crippen molar-refractivity contribution in [3.8, 4) is 11.5 Å². The lowest BCUT2D eigenvalue weighted by Gasteiger charge is -2.15. The number of rotatable bonds is 10. The van der Waals surface area contributed by atoms with Crippen molar-refractivity contribution in [1.82, 2.24) is 5.32 Å². The van der Waals surface area contributed by atoms with Crippen LogP contribution in [0.5, 0.6) is 11.5 Å². The normalized spacial score (nSPS) is 11.0. The van der Waals surface area contributed by atoms with E-state index in [4.69, 9.17) is 26.2 Å². The van der Waals surface area contributed by atoms with Gasteiger partial charge in [0, 0.05) is 19.2 Å². The second-order valence-electron chi connectivity index (χ2n) is 5.28. The van der Waals surface area contributed by atoms with Crippen molar-refractivity contribution in [3.05, 3.63) is 22.7 Å². The Morgan fingerprint density at radius 1 is 1.24 bits per heavy atom. The first-order valence-corrected chi connectivity index (χ1v) is 7.79. The second kappa shape index (κ2) is 9.87. The molecule has 1 aromatic carbocycles. The summed E-state index contributed by atoms with van der Waals surface area (Å²) in [4.78, 5) is 0. The van der Waals surface area contributed by atoms with E-state index in [2.05, 4.69) is 19.2 Å². The number of nitrogens with one attached hydrogen (secondary N) is 1. The van der Waals surface area contributed by atoms with E-state index in [0.717, 1.165) is 31.4 Å². The Balaban J connectivity index is 2.66. The van der Waals surface area contributed by atoms with Gasteiger partial charge >= 0.3 is 0 Å². The van der Waals surface area contributed by atoms with Crippen LogP contribution in [0.4, 0.5) is 0 Å². The summed E-state index contributed by atoms with van der Waals surface area (Å²) >= 11 is 6.30. The summed E-state index contributed by atoms with van der Waals surface area (Å²) in [5.74, 6) is 1.25. The van der Waals surface area contributed by atoms with Crippen molar-refractivity contribution >= 4 is 11.6 Å². The van der Waals surface area contributed by atoms with Crippen LogP contribution in [-0.2, 0) is 6.54 Å². The van der Waals surface area contributed by atoms with E-state index < -0.39 is 0 Å². The minimum absolute atomic E-state index is 0.224. The number of benzene rings is 1. The van der Waals surface area contributed by atoms with Gasteiger partial charge in [-0.3, -0.25) is 0 Å². The Hall–Kier alpha value is -0.970. The van der Waals surface area contributed by atoms with Gasteiger partial charge in [-0.2, -0.15) is 0 Å². The average molecular weight is 316 g/mol.